The van der Waals surface area contributed by atoms with E-state index in [1.165, 1.54) is 0 Å². The normalized spacial score (nSPS) is 25.6. The monoisotopic (exact) mass is 288 g/mol. The molecule has 4 rings (SSSR count). The summed E-state index contributed by atoms with van der Waals surface area (Å²) in [5, 5.41) is 9.02. The van der Waals surface area contributed by atoms with Crippen LogP contribution >= 0.6 is 0 Å². The van der Waals surface area contributed by atoms with Gasteiger partial charge in [-0.1, -0.05) is 18.2 Å². The number of hydrogen-bond acceptors (Lipinski definition) is 3. The molecule has 5 heteroatoms. The molecule has 0 radical (unpaired) electrons. The highest BCUT2D eigenvalue weighted by molar-refractivity contribution is 5.94. The first kappa shape index (κ1) is 14.1. The summed E-state index contributed by atoms with van der Waals surface area (Å²) in [4.78, 5) is 27.5. The van der Waals surface area contributed by atoms with Gasteiger partial charge in [-0.05, 0) is 30.9 Å². The molecule has 21 heavy (non-hydrogen) atoms. The van der Waals surface area contributed by atoms with Crippen molar-refractivity contribution in [1.82, 2.24) is 9.80 Å². The molecular formula is C16H20N2O3. The van der Waals surface area contributed by atoms with Crippen molar-refractivity contribution in [3.63, 3.8) is 0 Å². The molecule has 1 amide bonds. The van der Waals surface area contributed by atoms with Crippen LogP contribution in [0, 0.1) is 5.92 Å². The molecule has 0 saturated carbocycles. The predicted octanol–water partition coefficient (Wildman–Crippen LogP) is 1.31. The zero-order valence-corrected chi connectivity index (χ0v) is 11.9. The maximum absolute atomic E-state index is 12.6. The van der Waals surface area contributed by atoms with E-state index < -0.39 is 5.97 Å². The second-order valence-corrected chi connectivity index (χ2v) is 6.00. The van der Waals surface area contributed by atoms with Crippen LogP contribution in [0.2, 0.25) is 0 Å². The molecule has 0 aromatic heterocycles. The number of carbonyl (C=O) groups is 2. The summed E-state index contributed by atoms with van der Waals surface area (Å²) in [6.07, 6.45) is 2.07. The minimum Gasteiger partial charge on any atom is -0.480 e. The third kappa shape index (κ3) is 3.08. The summed E-state index contributed by atoms with van der Waals surface area (Å²) >= 11 is 0. The number of piperidine rings is 1. The van der Waals surface area contributed by atoms with Crippen LogP contribution in [0.5, 0.6) is 0 Å². The van der Waals surface area contributed by atoms with Gasteiger partial charge < -0.3 is 10.0 Å². The van der Waals surface area contributed by atoms with E-state index in [0.29, 0.717) is 18.0 Å². The fourth-order valence-corrected chi connectivity index (χ4v) is 3.48. The van der Waals surface area contributed by atoms with E-state index >= 15 is 0 Å². The van der Waals surface area contributed by atoms with Gasteiger partial charge in [0.1, 0.15) is 0 Å². The van der Waals surface area contributed by atoms with Crippen molar-refractivity contribution in [1.29, 1.82) is 0 Å². The Kier molecular flexibility index (Phi) is 3.92. The van der Waals surface area contributed by atoms with Crippen LogP contribution in [-0.2, 0) is 4.79 Å². The van der Waals surface area contributed by atoms with Crippen LogP contribution in [0.1, 0.15) is 23.2 Å². The second-order valence-electron chi connectivity index (χ2n) is 6.00. The lowest BCUT2D eigenvalue weighted by atomic mass is 9.95. The van der Waals surface area contributed by atoms with E-state index in [0.717, 1.165) is 25.9 Å². The minimum atomic E-state index is -0.788. The van der Waals surface area contributed by atoms with Gasteiger partial charge in [-0.3, -0.25) is 14.5 Å². The van der Waals surface area contributed by atoms with Gasteiger partial charge in [0.05, 0.1) is 6.54 Å². The molecule has 112 valence electrons. The molecule has 2 atom stereocenters. The summed E-state index contributed by atoms with van der Waals surface area (Å²) < 4.78 is 0. The van der Waals surface area contributed by atoms with E-state index in [1.54, 1.807) is 0 Å². The zero-order chi connectivity index (χ0) is 14.8. The van der Waals surface area contributed by atoms with Crippen molar-refractivity contribution in [3.8, 4) is 0 Å². The van der Waals surface area contributed by atoms with Gasteiger partial charge in [-0.2, -0.15) is 0 Å². The molecule has 2 bridgehead atoms. The van der Waals surface area contributed by atoms with E-state index in [2.05, 4.69) is 0 Å². The number of aliphatic carboxylic acids is 1. The standard InChI is InChI=1S/C16H20N2O3/c19-15(20)11-17-8-12-6-7-14(17)10-18(9-12)16(21)13-4-2-1-3-5-13/h1-5,12,14H,6-11H2,(H,19,20)/t12-,14-/m0/s1. The number of hydrogen-bond donors (Lipinski definition) is 1. The third-order valence-corrected chi connectivity index (χ3v) is 4.47. The molecule has 0 unspecified atom stereocenters. The van der Waals surface area contributed by atoms with Crippen molar-refractivity contribution in [2.45, 2.75) is 18.9 Å². The maximum atomic E-state index is 12.6. The first-order valence-corrected chi connectivity index (χ1v) is 7.43. The fraction of sp³-hybridized carbons (Fsp3) is 0.500. The van der Waals surface area contributed by atoms with E-state index in [4.69, 9.17) is 5.11 Å². The number of rotatable bonds is 3. The Bertz CT molecular complexity index is 532. The first-order chi connectivity index (χ1) is 10.1. The van der Waals surface area contributed by atoms with Crippen molar-refractivity contribution in [2.24, 2.45) is 5.92 Å². The number of amides is 1. The predicted molar refractivity (Wildman–Crippen MR) is 78.1 cm³/mol. The van der Waals surface area contributed by atoms with E-state index in [1.807, 2.05) is 40.1 Å². The van der Waals surface area contributed by atoms with Gasteiger partial charge >= 0.3 is 5.97 Å². The van der Waals surface area contributed by atoms with Crippen LogP contribution < -0.4 is 0 Å². The lowest BCUT2D eigenvalue weighted by molar-refractivity contribution is -0.139. The Labute approximate surface area is 124 Å². The summed E-state index contributed by atoms with van der Waals surface area (Å²) in [7, 11) is 0. The molecule has 1 aromatic carbocycles. The van der Waals surface area contributed by atoms with Gasteiger partial charge in [-0.25, -0.2) is 0 Å². The maximum Gasteiger partial charge on any atom is 0.317 e. The highest BCUT2D eigenvalue weighted by Crippen LogP contribution is 2.28. The van der Waals surface area contributed by atoms with Crippen LogP contribution in [0.4, 0.5) is 0 Å². The summed E-state index contributed by atoms with van der Waals surface area (Å²) in [6.45, 7) is 2.24. The molecule has 3 saturated heterocycles. The SMILES string of the molecule is O=C(O)CN1C[C@@H]2CC[C@H]1CN(C(=O)c1ccccc1)C2. The van der Waals surface area contributed by atoms with Gasteiger partial charge in [0, 0.05) is 31.2 Å². The minimum absolute atomic E-state index is 0.0599. The molecule has 3 aliphatic heterocycles. The number of carbonyl (C=O) groups excluding carboxylic acids is 1. The quantitative estimate of drug-likeness (QED) is 0.911. The summed E-state index contributed by atoms with van der Waals surface area (Å²) in [6, 6.07) is 9.49. The Morgan fingerprint density at radius 2 is 1.86 bits per heavy atom. The smallest absolute Gasteiger partial charge is 0.317 e. The van der Waals surface area contributed by atoms with Crippen LogP contribution in [0.15, 0.2) is 30.3 Å². The number of carboxylic acids is 1. The molecule has 1 N–H and O–H groups in total. The van der Waals surface area contributed by atoms with Crippen molar-refractivity contribution in [3.05, 3.63) is 35.9 Å². The molecular weight excluding hydrogens is 268 g/mol. The summed E-state index contributed by atoms with van der Waals surface area (Å²) in [5.41, 5.74) is 0.712. The van der Waals surface area contributed by atoms with Gasteiger partial charge in [-0.15, -0.1) is 0 Å². The third-order valence-electron chi connectivity index (χ3n) is 4.47. The number of benzene rings is 1. The lowest BCUT2D eigenvalue weighted by Crippen LogP contribution is -2.46. The van der Waals surface area contributed by atoms with Crippen molar-refractivity contribution < 1.29 is 14.7 Å². The van der Waals surface area contributed by atoms with Gasteiger partial charge in [0.2, 0.25) is 0 Å². The highest BCUT2D eigenvalue weighted by atomic mass is 16.4. The van der Waals surface area contributed by atoms with E-state index in [-0.39, 0.29) is 18.5 Å². The molecule has 3 heterocycles. The largest absolute Gasteiger partial charge is 0.480 e. The number of nitrogens with zero attached hydrogens (tertiary/aromatic N) is 2. The first-order valence-electron chi connectivity index (χ1n) is 7.43. The second kappa shape index (κ2) is 5.85. The lowest BCUT2D eigenvalue weighted by Gasteiger charge is -2.34. The topological polar surface area (TPSA) is 60.9 Å². The van der Waals surface area contributed by atoms with Gasteiger partial charge in [0.15, 0.2) is 0 Å². The zero-order valence-electron chi connectivity index (χ0n) is 11.9. The van der Waals surface area contributed by atoms with Crippen molar-refractivity contribution >= 4 is 11.9 Å². The Morgan fingerprint density at radius 1 is 1.10 bits per heavy atom. The molecule has 3 aliphatic rings. The van der Waals surface area contributed by atoms with Crippen molar-refractivity contribution in [2.75, 3.05) is 26.2 Å². The van der Waals surface area contributed by atoms with Crippen LogP contribution in [-0.4, -0.2) is 59.0 Å². The number of carboxylic acid groups (broad SMARTS) is 1. The Hall–Kier alpha value is -1.88. The summed E-state index contributed by atoms with van der Waals surface area (Å²) in [5.74, 6) is -0.344. The molecule has 0 aliphatic carbocycles. The van der Waals surface area contributed by atoms with Gasteiger partial charge in [0.25, 0.3) is 5.91 Å². The Morgan fingerprint density at radius 3 is 2.57 bits per heavy atom. The fourth-order valence-electron chi connectivity index (χ4n) is 3.48. The Balaban J connectivity index is 1.75. The molecule has 1 aromatic rings. The van der Waals surface area contributed by atoms with Crippen LogP contribution in [0.25, 0.3) is 0 Å². The molecule has 5 nitrogen and oxygen atoms in total. The number of fused-ring (bicyclic) bond motifs is 4. The highest BCUT2D eigenvalue weighted by Gasteiger charge is 2.37. The van der Waals surface area contributed by atoms with Crippen LogP contribution in [0.3, 0.4) is 0 Å². The molecule has 0 spiro atoms. The van der Waals surface area contributed by atoms with E-state index in [9.17, 15) is 9.59 Å². The average Bonchev–Trinajstić information content (AvgIpc) is 2.78. The molecule has 3 fully saturated rings. The average molecular weight is 288 g/mol.